The van der Waals surface area contributed by atoms with Crippen LogP contribution in [0, 0.1) is 0 Å². The number of hydrogen-bond donors (Lipinski definition) is 0. The van der Waals surface area contributed by atoms with Gasteiger partial charge in [0.2, 0.25) is 0 Å². The van der Waals surface area contributed by atoms with Crippen molar-refractivity contribution in [2.24, 2.45) is 0 Å². The number of rotatable bonds is 2. The van der Waals surface area contributed by atoms with Crippen LogP contribution < -0.4 is 0 Å². The molecule has 0 spiro atoms. The van der Waals surface area contributed by atoms with Crippen LogP contribution in [0.25, 0.3) is 0 Å². The molecule has 0 aromatic heterocycles. The Morgan fingerprint density at radius 3 is 2.62 bits per heavy atom. The molecule has 0 N–H and O–H groups in total. The zero-order valence-corrected chi connectivity index (χ0v) is 4.50. The van der Waals surface area contributed by atoms with Crippen molar-refractivity contribution < 1.29 is 14.3 Å². The molecule has 0 bridgehead atoms. The summed E-state index contributed by atoms with van der Waals surface area (Å²) in [4.78, 5) is 9.80. The molecule has 1 saturated heterocycles. The molecule has 46 valence electrons. The van der Waals surface area contributed by atoms with E-state index in [0.29, 0.717) is 19.6 Å². The molecule has 3 heteroatoms. The van der Waals surface area contributed by atoms with E-state index in [1.807, 2.05) is 0 Å². The van der Waals surface area contributed by atoms with Crippen molar-refractivity contribution in [3.05, 3.63) is 0 Å². The molecule has 1 fully saturated rings. The minimum absolute atomic E-state index is 0.257. The first-order valence-electron chi connectivity index (χ1n) is 2.60. The predicted molar refractivity (Wildman–Crippen MR) is 26.4 cm³/mol. The summed E-state index contributed by atoms with van der Waals surface area (Å²) in [6.45, 7) is 1.25. The van der Waals surface area contributed by atoms with Crippen molar-refractivity contribution in [2.45, 2.75) is 12.7 Å². The summed E-state index contributed by atoms with van der Waals surface area (Å²) < 4.78 is 9.88. The van der Waals surface area contributed by atoms with Gasteiger partial charge in [0, 0.05) is 0 Å². The zero-order chi connectivity index (χ0) is 5.82. The highest BCUT2D eigenvalue weighted by Gasteiger charge is 2.13. The highest BCUT2D eigenvalue weighted by molar-refractivity contribution is 5.49. The monoisotopic (exact) mass is 116 g/mol. The molecule has 1 aliphatic rings. The van der Waals surface area contributed by atoms with Crippen LogP contribution >= 0.6 is 0 Å². The topological polar surface area (TPSA) is 35.5 Å². The van der Waals surface area contributed by atoms with E-state index in [9.17, 15) is 4.79 Å². The van der Waals surface area contributed by atoms with Gasteiger partial charge in [-0.25, -0.2) is 0 Å². The summed E-state index contributed by atoms with van der Waals surface area (Å²) >= 11 is 0. The zero-order valence-electron chi connectivity index (χ0n) is 4.50. The molecule has 1 heterocycles. The van der Waals surface area contributed by atoms with Crippen LogP contribution in [0.1, 0.15) is 6.42 Å². The Balaban J connectivity index is 2.14. The second-order valence-corrected chi connectivity index (χ2v) is 1.57. The van der Waals surface area contributed by atoms with Crippen molar-refractivity contribution in [3.63, 3.8) is 0 Å². The van der Waals surface area contributed by atoms with Crippen LogP contribution in [0.5, 0.6) is 0 Å². The number of aldehydes is 1. The van der Waals surface area contributed by atoms with Gasteiger partial charge < -0.3 is 14.3 Å². The summed E-state index contributed by atoms with van der Waals surface area (Å²) in [5, 5.41) is 0. The summed E-state index contributed by atoms with van der Waals surface area (Å²) in [5.41, 5.74) is 0. The van der Waals surface area contributed by atoms with Gasteiger partial charge in [-0.1, -0.05) is 0 Å². The molecular formula is C5H8O3. The molecule has 0 saturated carbocycles. The normalized spacial score (nSPS) is 21.5. The molecule has 8 heavy (non-hydrogen) atoms. The third kappa shape index (κ3) is 1.28. The van der Waals surface area contributed by atoms with Crippen molar-refractivity contribution in [3.8, 4) is 0 Å². The minimum atomic E-state index is -0.257. The molecule has 1 aliphatic heterocycles. The fourth-order valence-corrected chi connectivity index (χ4v) is 0.622. The van der Waals surface area contributed by atoms with E-state index >= 15 is 0 Å². The molecule has 0 aromatic rings. The van der Waals surface area contributed by atoms with Crippen molar-refractivity contribution >= 4 is 6.29 Å². The maximum atomic E-state index is 9.80. The summed E-state index contributed by atoms with van der Waals surface area (Å²) in [5.74, 6) is 0. The van der Waals surface area contributed by atoms with Crippen molar-refractivity contribution in [1.82, 2.24) is 0 Å². The third-order valence-electron chi connectivity index (χ3n) is 0.979. The second kappa shape index (κ2) is 2.79. The molecule has 0 aliphatic carbocycles. The van der Waals surface area contributed by atoms with Gasteiger partial charge in [-0.05, 0) is 0 Å². The lowest BCUT2D eigenvalue weighted by atomic mass is 10.5. The fourth-order valence-electron chi connectivity index (χ4n) is 0.622. The Hall–Kier alpha value is -0.410. The van der Waals surface area contributed by atoms with Crippen LogP contribution in [0.15, 0.2) is 0 Å². The Morgan fingerprint density at radius 1 is 1.50 bits per heavy atom. The van der Waals surface area contributed by atoms with E-state index in [-0.39, 0.29) is 6.29 Å². The molecule has 0 radical (unpaired) electrons. The summed E-state index contributed by atoms with van der Waals surface area (Å²) in [7, 11) is 0. The first kappa shape index (κ1) is 5.72. The third-order valence-corrected chi connectivity index (χ3v) is 0.979. The lowest BCUT2D eigenvalue weighted by Crippen LogP contribution is -2.06. The standard InChI is InChI=1S/C5H8O3/c6-2-1-5-7-3-4-8-5/h2,5H,1,3-4H2. The Morgan fingerprint density at radius 2 is 2.12 bits per heavy atom. The highest BCUT2D eigenvalue weighted by atomic mass is 16.7. The van der Waals surface area contributed by atoms with E-state index in [4.69, 9.17) is 9.47 Å². The average Bonchev–Trinajstić information content (AvgIpc) is 2.19. The highest BCUT2D eigenvalue weighted by Crippen LogP contribution is 2.04. The maximum absolute atomic E-state index is 9.80. The number of carbonyl (C=O) groups is 1. The molecular weight excluding hydrogens is 108 g/mol. The number of carbonyl (C=O) groups excluding carboxylic acids is 1. The van der Waals surface area contributed by atoms with Gasteiger partial charge in [0.25, 0.3) is 0 Å². The lowest BCUT2D eigenvalue weighted by Gasteiger charge is -2.00. The van der Waals surface area contributed by atoms with Crippen molar-refractivity contribution in [2.75, 3.05) is 13.2 Å². The van der Waals surface area contributed by atoms with E-state index in [2.05, 4.69) is 0 Å². The van der Waals surface area contributed by atoms with Gasteiger partial charge in [0.15, 0.2) is 6.29 Å². The average molecular weight is 116 g/mol. The Bertz CT molecular complexity index is 75.7. The van der Waals surface area contributed by atoms with Gasteiger partial charge in [0.05, 0.1) is 19.6 Å². The Labute approximate surface area is 47.6 Å². The first-order chi connectivity index (χ1) is 3.93. The SMILES string of the molecule is O=CCC1OCCO1. The van der Waals surface area contributed by atoms with Gasteiger partial charge >= 0.3 is 0 Å². The number of hydrogen-bond acceptors (Lipinski definition) is 3. The molecule has 1 rings (SSSR count). The van der Waals surface area contributed by atoms with Crippen LogP contribution in [0.2, 0.25) is 0 Å². The van der Waals surface area contributed by atoms with E-state index in [1.54, 1.807) is 0 Å². The maximum Gasteiger partial charge on any atom is 0.164 e. The molecule has 0 aromatic carbocycles. The van der Waals surface area contributed by atoms with Crippen molar-refractivity contribution in [1.29, 1.82) is 0 Å². The van der Waals surface area contributed by atoms with Gasteiger partial charge in [0.1, 0.15) is 6.29 Å². The molecule has 0 atom stereocenters. The first-order valence-corrected chi connectivity index (χ1v) is 2.60. The summed E-state index contributed by atoms with van der Waals surface area (Å²) in [6, 6.07) is 0. The fraction of sp³-hybridized carbons (Fsp3) is 0.800. The van der Waals surface area contributed by atoms with E-state index in [1.165, 1.54) is 0 Å². The van der Waals surface area contributed by atoms with Crippen LogP contribution in [0.3, 0.4) is 0 Å². The quantitative estimate of drug-likeness (QED) is 0.474. The van der Waals surface area contributed by atoms with E-state index in [0.717, 1.165) is 6.29 Å². The minimum Gasteiger partial charge on any atom is -0.350 e. The molecule has 0 amide bonds. The lowest BCUT2D eigenvalue weighted by molar-refractivity contribution is -0.115. The van der Waals surface area contributed by atoms with Gasteiger partial charge in [-0.2, -0.15) is 0 Å². The largest absolute Gasteiger partial charge is 0.350 e. The molecule has 3 nitrogen and oxygen atoms in total. The predicted octanol–water partition coefficient (Wildman–Crippen LogP) is -0.0517. The van der Waals surface area contributed by atoms with E-state index < -0.39 is 0 Å². The molecule has 0 unspecified atom stereocenters. The second-order valence-electron chi connectivity index (χ2n) is 1.57. The van der Waals surface area contributed by atoms with Crippen LogP contribution in [-0.4, -0.2) is 25.8 Å². The van der Waals surface area contributed by atoms with Gasteiger partial charge in [-0.3, -0.25) is 0 Å². The van der Waals surface area contributed by atoms with Crippen LogP contribution in [0.4, 0.5) is 0 Å². The van der Waals surface area contributed by atoms with Crippen LogP contribution in [-0.2, 0) is 14.3 Å². The smallest absolute Gasteiger partial charge is 0.164 e. The van der Waals surface area contributed by atoms with Gasteiger partial charge in [-0.15, -0.1) is 0 Å². The number of ether oxygens (including phenoxy) is 2. The summed E-state index contributed by atoms with van der Waals surface area (Å²) in [6.07, 6.45) is 0.906. The Kier molecular flexibility index (Phi) is 2.00.